The quantitative estimate of drug-likeness (QED) is 0.633. The largest absolute Gasteiger partial charge is 0.367 e. The van der Waals surface area contributed by atoms with Gasteiger partial charge in [-0.15, -0.1) is 0 Å². The highest BCUT2D eigenvalue weighted by molar-refractivity contribution is 7.71. The van der Waals surface area contributed by atoms with Gasteiger partial charge in [0.2, 0.25) is 0 Å². The molecular formula is C24H27N5OS. The number of piperidine rings is 1. The molecule has 1 atom stereocenters. The Kier molecular flexibility index (Phi) is 5.36. The van der Waals surface area contributed by atoms with Crippen molar-refractivity contribution in [3.8, 4) is 0 Å². The fraction of sp³-hybridized carbons (Fsp3) is 0.375. The van der Waals surface area contributed by atoms with Crippen LogP contribution in [-0.4, -0.2) is 45.2 Å². The van der Waals surface area contributed by atoms with Crippen molar-refractivity contribution in [2.45, 2.75) is 31.7 Å². The number of carbonyl (C=O) groups excluding carboxylic acids is 1. The third-order valence-electron chi connectivity index (χ3n) is 6.60. The Morgan fingerprint density at radius 3 is 2.61 bits per heavy atom. The van der Waals surface area contributed by atoms with Crippen LogP contribution in [0.25, 0.3) is 0 Å². The predicted octanol–water partition coefficient (Wildman–Crippen LogP) is 4.06. The molecule has 1 unspecified atom stereocenters. The fourth-order valence-electron chi connectivity index (χ4n) is 4.81. The second-order valence-electron chi connectivity index (χ2n) is 8.52. The maximum atomic E-state index is 13.2. The average Bonchev–Trinajstić information content (AvgIpc) is 3.16. The zero-order chi connectivity index (χ0) is 21.4. The summed E-state index contributed by atoms with van der Waals surface area (Å²) in [5.41, 5.74) is 4.75. The molecule has 3 heterocycles. The first-order chi connectivity index (χ1) is 15.1. The van der Waals surface area contributed by atoms with Crippen molar-refractivity contribution in [1.82, 2.24) is 19.7 Å². The van der Waals surface area contributed by atoms with Crippen LogP contribution in [0.5, 0.6) is 0 Å². The summed E-state index contributed by atoms with van der Waals surface area (Å²) < 4.78 is 2.54. The lowest BCUT2D eigenvalue weighted by Crippen LogP contribution is -2.39. The summed E-state index contributed by atoms with van der Waals surface area (Å²) >= 11 is 5.25. The molecule has 2 aliphatic rings. The zero-order valence-electron chi connectivity index (χ0n) is 17.8. The van der Waals surface area contributed by atoms with Gasteiger partial charge in [0, 0.05) is 50.4 Å². The van der Waals surface area contributed by atoms with E-state index in [-0.39, 0.29) is 11.8 Å². The number of aromatic nitrogens is 3. The van der Waals surface area contributed by atoms with E-state index in [0.29, 0.717) is 11.3 Å². The molecule has 0 saturated carbocycles. The topological polar surface area (TPSA) is 57.2 Å². The first-order valence-electron chi connectivity index (χ1n) is 10.9. The number of nitrogens with one attached hydrogen (secondary N) is 1. The Labute approximate surface area is 187 Å². The van der Waals surface area contributed by atoms with E-state index in [2.05, 4.69) is 51.5 Å². The standard InChI is InChI=1S/C24H27N5OS/c1-27-22(25-26-24(27)31)20-7-4-13-29(16-20)23(30)18-8-10-21(11-9-18)28-14-12-17-5-2-3-6-19(17)15-28/h2-3,5-6,8-11,20H,4,7,12-16H2,1H3,(H,26,31). The van der Waals surface area contributed by atoms with E-state index in [1.807, 2.05) is 28.6 Å². The molecule has 0 radical (unpaired) electrons. The van der Waals surface area contributed by atoms with E-state index in [4.69, 9.17) is 12.2 Å². The summed E-state index contributed by atoms with van der Waals surface area (Å²) in [6.07, 6.45) is 3.05. The highest BCUT2D eigenvalue weighted by atomic mass is 32.1. The number of aromatic amines is 1. The molecule has 7 heteroatoms. The lowest BCUT2D eigenvalue weighted by atomic mass is 9.96. The highest BCUT2D eigenvalue weighted by Gasteiger charge is 2.28. The molecule has 3 aromatic rings. The monoisotopic (exact) mass is 433 g/mol. The normalized spacial score (nSPS) is 18.7. The van der Waals surface area contributed by atoms with Crippen LogP contribution in [0.2, 0.25) is 0 Å². The molecule has 2 aliphatic heterocycles. The van der Waals surface area contributed by atoms with Gasteiger partial charge in [0.25, 0.3) is 5.91 Å². The van der Waals surface area contributed by atoms with Gasteiger partial charge in [-0.05, 0) is 66.9 Å². The zero-order valence-corrected chi connectivity index (χ0v) is 18.6. The lowest BCUT2D eigenvalue weighted by molar-refractivity contribution is 0.0703. The van der Waals surface area contributed by atoms with E-state index in [1.54, 1.807) is 0 Å². The molecule has 1 aromatic heterocycles. The van der Waals surface area contributed by atoms with Crippen LogP contribution >= 0.6 is 12.2 Å². The fourth-order valence-corrected chi connectivity index (χ4v) is 4.95. The number of hydrogen-bond acceptors (Lipinski definition) is 4. The maximum absolute atomic E-state index is 13.2. The molecule has 2 aromatic carbocycles. The average molecular weight is 434 g/mol. The van der Waals surface area contributed by atoms with E-state index in [0.717, 1.165) is 50.3 Å². The molecule has 0 aliphatic carbocycles. The van der Waals surface area contributed by atoms with Crippen molar-refractivity contribution < 1.29 is 4.79 Å². The number of H-pyrrole nitrogens is 1. The highest BCUT2D eigenvalue weighted by Crippen LogP contribution is 2.28. The van der Waals surface area contributed by atoms with Crippen molar-refractivity contribution in [3.63, 3.8) is 0 Å². The van der Waals surface area contributed by atoms with Crippen molar-refractivity contribution >= 4 is 23.8 Å². The molecule has 0 spiro atoms. The van der Waals surface area contributed by atoms with Crippen LogP contribution in [0.15, 0.2) is 48.5 Å². The Bertz CT molecular complexity index is 1150. The summed E-state index contributed by atoms with van der Waals surface area (Å²) in [5.74, 6) is 1.24. The van der Waals surface area contributed by atoms with Gasteiger partial charge in [0.1, 0.15) is 5.82 Å². The number of anilines is 1. The first kappa shape index (κ1) is 20.0. The van der Waals surface area contributed by atoms with E-state index in [1.165, 1.54) is 16.8 Å². The minimum absolute atomic E-state index is 0.0945. The second kappa shape index (κ2) is 8.30. The summed E-state index contributed by atoms with van der Waals surface area (Å²) in [6, 6.07) is 16.8. The summed E-state index contributed by atoms with van der Waals surface area (Å²) in [5, 5.41) is 7.25. The molecule has 1 N–H and O–H groups in total. The van der Waals surface area contributed by atoms with Crippen molar-refractivity contribution in [1.29, 1.82) is 0 Å². The number of fused-ring (bicyclic) bond motifs is 1. The van der Waals surface area contributed by atoms with Crippen LogP contribution in [0.1, 0.15) is 46.1 Å². The third-order valence-corrected chi connectivity index (χ3v) is 6.96. The van der Waals surface area contributed by atoms with Crippen molar-refractivity contribution in [2.75, 3.05) is 24.5 Å². The molecule has 1 amide bonds. The number of nitrogens with zero attached hydrogens (tertiary/aromatic N) is 4. The third kappa shape index (κ3) is 3.90. The summed E-state index contributed by atoms with van der Waals surface area (Å²) in [7, 11) is 1.93. The Morgan fingerprint density at radius 1 is 1.10 bits per heavy atom. The molecule has 5 rings (SSSR count). The molecule has 0 bridgehead atoms. The van der Waals surface area contributed by atoms with Crippen LogP contribution in [-0.2, 0) is 20.0 Å². The minimum Gasteiger partial charge on any atom is -0.367 e. The molecule has 31 heavy (non-hydrogen) atoms. The second-order valence-corrected chi connectivity index (χ2v) is 8.91. The van der Waals surface area contributed by atoms with Gasteiger partial charge in [-0.3, -0.25) is 9.89 Å². The smallest absolute Gasteiger partial charge is 0.253 e. The number of rotatable bonds is 3. The van der Waals surface area contributed by atoms with Crippen molar-refractivity contribution in [2.24, 2.45) is 7.05 Å². The SMILES string of the molecule is Cn1c(C2CCCN(C(=O)c3ccc(N4CCc5ccccc5C4)cc3)C2)n[nH]c1=S. The van der Waals surface area contributed by atoms with Gasteiger partial charge < -0.3 is 14.4 Å². The Balaban J connectivity index is 1.28. The number of carbonyl (C=O) groups is 1. The molecule has 6 nitrogen and oxygen atoms in total. The van der Waals surface area contributed by atoms with Gasteiger partial charge in [-0.2, -0.15) is 5.10 Å². The van der Waals surface area contributed by atoms with Gasteiger partial charge in [0.05, 0.1) is 0 Å². The number of hydrogen-bond donors (Lipinski definition) is 1. The van der Waals surface area contributed by atoms with Gasteiger partial charge in [-0.1, -0.05) is 24.3 Å². The molecule has 160 valence electrons. The number of amides is 1. The van der Waals surface area contributed by atoms with Crippen molar-refractivity contribution in [3.05, 3.63) is 75.8 Å². The maximum Gasteiger partial charge on any atom is 0.253 e. The number of likely N-dealkylation sites (tertiary alicyclic amines) is 1. The minimum atomic E-state index is 0.0945. The Hall–Kier alpha value is -2.93. The van der Waals surface area contributed by atoms with Crippen LogP contribution in [0.4, 0.5) is 5.69 Å². The van der Waals surface area contributed by atoms with E-state index >= 15 is 0 Å². The van der Waals surface area contributed by atoms with Crippen LogP contribution in [0, 0.1) is 4.77 Å². The first-order valence-corrected chi connectivity index (χ1v) is 11.3. The molecule has 1 fully saturated rings. The van der Waals surface area contributed by atoms with Gasteiger partial charge >= 0.3 is 0 Å². The Morgan fingerprint density at radius 2 is 1.87 bits per heavy atom. The number of benzene rings is 2. The van der Waals surface area contributed by atoms with E-state index in [9.17, 15) is 4.79 Å². The predicted molar refractivity (Wildman–Crippen MR) is 124 cm³/mol. The van der Waals surface area contributed by atoms with E-state index < -0.39 is 0 Å². The van der Waals surface area contributed by atoms with Crippen LogP contribution in [0.3, 0.4) is 0 Å². The van der Waals surface area contributed by atoms with Crippen LogP contribution < -0.4 is 4.90 Å². The molecule has 1 saturated heterocycles. The molecular weight excluding hydrogens is 406 g/mol. The lowest BCUT2D eigenvalue weighted by Gasteiger charge is -2.33. The van der Waals surface area contributed by atoms with Gasteiger partial charge in [-0.25, -0.2) is 0 Å². The summed E-state index contributed by atoms with van der Waals surface area (Å²) in [6.45, 7) is 3.39. The van der Waals surface area contributed by atoms with Gasteiger partial charge in [0.15, 0.2) is 4.77 Å². The summed E-state index contributed by atoms with van der Waals surface area (Å²) in [4.78, 5) is 17.5.